The number of hydrogen-bond donors (Lipinski definition) is 2. The topological polar surface area (TPSA) is 74.8 Å². The van der Waals surface area contributed by atoms with E-state index in [1.807, 2.05) is 24.3 Å². The molecule has 1 atom stereocenters. The minimum Gasteiger partial charge on any atom is -0.343 e. The predicted octanol–water partition coefficient (Wildman–Crippen LogP) is 6.64. The number of fused-ring (bicyclic) bond motifs is 1. The third-order valence-corrected chi connectivity index (χ3v) is 8.22. The number of nitrogens with one attached hydrogen (secondary N) is 2. The maximum atomic E-state index is 13.5. The molecule has 7 heteroatoms. The standard InChI is InChI=1S/C28H28BrN3O2S/c1-15-5-6-18(16(2)11-15)14-35-27-31-25-24(26(34)32-27)22(17-7-9-19(29)10-8-17)23-20(30-25)12-28(3,4)13-21(23)33/h5-11,22H,12-14H2,1-4H3,(H2,30,31,32,34)/t22-/m1/s1. The summed E-state index contributed by atoms with van der Waals surface area (Å²) in [5.74, 6) is 0.917. The highest BCUT2D eigenvalue weighted by Gasteiger charge is 2.42. The van der Waals surface area contributed by atoms with Gasteiger partial charge in [-0.1, -0.05) is 77.4 Å². The van der Waals surface area contributed by atoms with E-state index in [1.54, 1.807) is 0 Å². The van der Waals surface area contributed by atoms with Crippen molar-refractivity contribution in [3.63, 3.8) is 0 Å². The zero-order chi connectivity index (χ0) is 24.9. The van der Waals surface area contributed by atoms with Crippen LogP contribution in [0.15, 0.2) is 68.2 Å². The number of benzene rings is 2. The molecule has 0 unspecified atom stereocenters. The summed E-state index contributed by atoms with van der Waals surface area (Å²) in [7, 11) is 0. The largest absolute Gasteiger partial charge is 0.343 e. The van der Waals surface area contributed by atoms with Crippen molar-refractivity contribution in [1.82, 2.24) is 9.97 Å². The number of allylic oxidation sites excluding steroid dienone is 2. The maximum Gasteiger partial charge on any atom is 0.257 e. The molecule has 0 spiro atoms. The molecule has 2 aliphatic rings. The molecule has 0 bridgehead atoms. The molecule has 0 amide bonds. The molecule has 5 rings (SSSR count). The molecule has 0 radical (unpaired) electrons. The normalized spacial score (nSPS) is 18.7. The van der Waals surface area contributed by atoms with Gasteiger partial charge in [-0.05, 0) is 54.5 Å². The number of H-pyrrole nitrogens is 1. The van der Waals surface area contributed by atoms with Crippen molar-refractivity contribution in [1.29, 1.82) is 0 Å². The summed E-state index contributed by atoms with van der Waals surface area (Å²) in [6.07, 6.45) is 1.20. The van der Waals surface area contributed by atoms with Gasteiger partial charge in [0.05, 0.1) is 5.56 Å². The van der Waals surface area contributed by atoms with Crippen LogP contribution in [-0.2, 0) is 10.5 Å². The number of halogens is 1. The van der Waals surface area contributed by atoms with E-state index in [-0.39, 0.29) is 16.8 Å². The van der Waals surface area contributed by atoms with Gasteiger partial charge in [-0.3, -0.25) is 9.59 Å². The fraction of sp³-hybridized carbons (Fsp3) is 0.321. The Bertz CT molecular complexity index is 1420. The summed E-state index contributed by atoms with van der Waals surface area (Å²) in [6, 6.07) is 14.2. The number of thioether (sulfide) groups is 1. The number of aromatic amines is 1. The summed E-state index contributed by atoms with van der Waals surface area (Å²) in [4.78, 5) is 34.7. The van der Waals surface area contributed by atoms with E-state index in [2.05, 4.69) is 72.1 Å². The van der Waals surface area contributed by atoms with Gasteiger partial charge in [-0.2, -0.15) is 0 Å². The second-order valence-corrected chi connectivity index (χ2v) is 12.2. The number of carbonyl (C=O) groups excluding carboxylic acids is 1. The highest BCUT2D eigenvalue weighted by molar-refractivity contribution is 9.10. The third-order valence-electron chi connectivity index (χ3n) is 6.77. The zero-order valence-electron chi connectivity index (χ0n) is 20.3. The van der Waals surface area contributed by atoms with Gasteiger partial charge in [0.25, 0.3) is 5.56 Å². The lowest BCUT2D eigenvalue weighted by Gasteiger charge is -2.38. The Labute approximate surface area is 218 Å². The number of Topliss-reactive ketones (excluding diaryl/α,β-unsaturated/α-hetero) is 1. The Morgan fingerprint density at radius 1 is 1.09 bits per heavy atom. The van der Waals surface area contributed by atoms with Crippen molar-refractivity contribution in [2.45, 2.75) is 57.4 Å². The van der Waals surface area contributed by atoms with Crippen LogP contribution in [0.25, 0.3) is 0 Å². The number of carbonyl (C=O) groups is 1. The van der Waals surface area contributed by atoms with E-state index < -0.39 is 5.92 Å². The molecule has 0 fully saturated rings. The first-order valence-electron chi connectivity index (χ1n) is 11.7. The molecule has 5 nitrogen and oxygen atoms in total. The third kappa shape index (κ3) is 4.76. The van der Waals surface area contributed by atoms with Gasteiger partial charge in [0.1, 0.15) is 5.82 Å². The number of ketones is 1. The Balaban J connectivity index is 1.57. The molecule has 2 N–H and O–H groups in total. The van der Waals surface area contributed by atoms with E-state index >= 15 is 0 Å². The first kappa shape index (κ1) is 24.1. The second kappa shape index (κ2) is 9.10. The van der Waals surface area contributed by atoms with Gasteiger partial charge in [0.2, 0.25) is 0 Å². The average Bonchev–Trinajstić information content (AvgIpc) is 2.77. The number of hydrogen-bond acceptors (Lipinski definition) is 5. The van der Waals surface area contributed by atoms with Crippen molar-refractivity contribution < 1.29 is 4.79 Å². The number of aryl methyl sites for hydroxylation is 2. The summed E-state index contributed by atoms with van der Waals surface area (Å²) in [5.41, 5.74) is 6.32. The molecule has 1 aliphatic carbocycles. The van der Waals surface area contributed by atoms with E-state index in [0.717, 1.165) is 22.2 Å². The Kier molecular flexibility index (Phi) is 6.26. The molecule has 2 heterocycles. The van der Waals surface area contributed by atoms with Gasteiger partial charge >= 0.3 is 0 Å². The Morgan fingerprint density at radius 3 is 2.54 bits per heavy atom. The van der Waals surface area contributed by atoms with Crippen molar-refractivity contribution in [3.8, 4) is 0 Å². The van der Waals surface area contributed by atoms with Gasteiger partial charge in [-0.15, -0.1) is 0 Å². The first-order chi connectivity index (χ1) is 16.6. The number of nitrogens with zero attached hydrogens (tertiary/aromatic N) is 1. The first-order valence-corrected chi connectivity index (χ1v) is 13.5. The molecule has 2 aromatic carbocycles. The molecule has 1 aromatic heterocycles. The lowest BCUT2D eigenvalue weighted by atomic mass is 9.69. The lowest BCUT2D eigenvalue weighted by molar-refractivity contribution is -0.118. The molecular weight excluding hydrogens is 522 g/mol. The van der Waals surface area contributed by atoms with E-state index in [1.165, 1.54) is 28.5 Å². The van der Waals surface area contributed by atoms with Crippen LogP contribution in [-0.4, -0.2) is 15.8 Å². The van der Waals surface area contributed by atoms with Crippen LogP contribution in [0.2, 0.25) is 0 Å². The van der Waals surface area contributed by atoms with Crippen molar-refractivity contribution in [3.05, 3.63) is 96.4 Å². The highest BCUT2D eigenvalue weighted by atomic mass is 79.9. The van der Waals surface area contributed by atoms with E-state index in [0.29, 0.717) is 34.3 Å². The molecule has 35 heavy (non-hydrogen) atoms. The van der Waals surface area contributed by atoms with Gasteiger partial charge in [-0.25, -0.2) is 4.98 Å². The lowest BCUT2D eigenvalue weighted by Crippen LogP contribution is -2.37. The Hall–Kier alpha value is -2.64. The average molecular weight is 551 g/mol. The number of rotatable bonds is 4. The van der Waals surface area contributed by atoms with Gasteiger partial charge in [0, 0.05) is 33.8 Å². The van der Waals surface area contributed by atoms with Crippen LogP contribution in [0, 0.1) is 19.3 Å². The smallest absolute Gasteiger partial charge is 0.257 e. The highest BCUT2D eigenvalue weighted by Crippen LogP contribution is 2.47. The molecule has 3 aromatic rings. The molecule has 0 saturated carbocycles. The van der Waals surface area contributed by atoms with Crippen LogP contribution in [0.3, 0.4) is 0 Å². The van der Waals surface area contributed by atoms with Crippen LogP contribution >= 0.6 is 27.7 Å². The zero-order valence-corrected chi connectivity index (χ0v) is 22.7. The molecule has 180 valence electrons. The van der Waals surface area contributed by atoms with Crippen LogP contribution < -0.4 is 10.9 Å². The van der Waals surface area contributed by atoms with Gasteiger partial charge < -0.3 is 10.3 Å². The molecule has 1 aliphatic heterocycles. The van der Waals surface area contributed by atoms with E-state index in [9.17, 15) is 9.59 Å². The summed E-state index contributed by atoms with van der Waals surface area (Å²) in [6.45, 7) is 8.40. The van der Waals surface area contributed by atoms with Crippen molar-refractivity contribution >= 4 is 39.3 Å². The molecule has 0 saturated heterocycles. The summed E-state index contributed by atoms with van der Waals surface area (Å²) < 4.78 is 0.950. The fourth-order valence-electron chi connectivity index (χ4n) is 5.10. The monoisotopic (exact) mass is 549 g/mol. The minimum atomic E-state index is -0.437. The minimum absolute atomic E-state index is 0.0926. The fourth-order valence-corrected chi connectivity index (χ4v) is 6.31. The number of anilines is 1. The summed E-state index contributed by atoms with van der Waals surface area (Å²) in [5, 5.41) is 3.97. The summed E-state index contributed by atoms with van der Waals surface area (Å²) >= 11 is 5.01. The van der Waals surface area contributed by atoms with Crippen LogP contribution in [0.4, 0.5) is 5.82 Å². The quantitative estimate of drug-likeness (QED) is 0.281. The van der Waals surface area contributed by atoms with Crippen LogP contribution in [0.1, 0.15) is 60.4 Å². The number of aromatic nitrogens is 2. The van der Waals surface area contributed by atoms with Crippen LogP contribution in [0.5, 0.6) is 0 Å². The Morgan fingerprint density at radius 2 is 1.83 bits per heavy atom. The van der Waals surface area contributed by atoms with Crippen molar-refractivity contribution in [2.24, 2.45) is 5.41 Å². The van der Waals surface area contributed by atoms with Crippen molar-refractivity contribution in [2.75, 3.05) is 5.32 Å². The van der Waals surface area contributed by atoms with Gasteiger partial charge in [0.15, 0.2) is 10.9 Å². The molecular formula is C28H28BrN3O2S. The predicted molar refractivity (Wildman–Crippen MR) is 145 cm³/mol. The SMILES string of the molecule is Cc1ccc(CSc2nc3c(c(=O)[nH]2)[C@H](c2ccc(Br)cc2)C2=C(CC(C)(C)CC2=O)N3)c(C)c1. The second-order valence-electron chi connectivity index (χ2n) is 10.3. The van der Waals surface area contributed by atoms with E-state index in [4.69, 9.17) is 4.98 Å². The maximum absolute atomic E-state index is 13.5.